The molecule has 0 saturated carbocycles. The number of amides is 2. The maximum atomic E-state index is 13.0. The Kier molecular flexibility index (Phi) is 7.75. The van der Waals surface area contributed by atoms with E-state index in [0.717, 1.165) is 38.0 Å². The van der Waals surface area contributed by atoms with E-state index in [-0.39, 0.29) is 11.8 Å². The summed E-state index contributed by atoms with van der Waals surface area (Å²) in [6, 6.07) is 8.50. The summed E-state index contributed by atoms with van der Waals surface area (Å²) in [6.45, 7) is 5.82. The molecule has 6 nitrogen and oxygen atoms in total. The molecular formula is C24H36N2O4. The number of rotatable bonds is 2. The molecule has 0 radical (unpaired) electrons. The number of benzene rings is 1. The maximum absolute atomic E-state index is 13.0. The molecule has 1 fully saturated rings. The zero-order valence-corrected chi connectivity index (χ0v) is 18.7. The van der Waals surface area contributed by atoms with Crippen LogP contribution in [-0.2, 0) is 20.7 Å². The van der Waals surface area contributed by atoms with E-state index in [4.69, 9.17) is 9.47 Å². The van der Waals surface area contributed by atoms with Crippen LogP contribution in [0, 0.1) is 0 Å². The molecule has 2 bridgehead atoms. The summed E-state index contributed by atoms with van der Waals surface area (Å²) in [6.07, 6.45) is 6.41. The van der Waals surface area contributed by atoms with Crippen LogP contribution in [0.15, 0.2) is 24.3 Å². The second-order valence-electron chi connectivity index (χ2n) is 8.88. The Labute approximate surface area is 180 Å². The lowest BCUT2D eigenvalue weighted by atomic mass is 9.95. The molecule has 0 spiro atoms. The summed E-state index contributed by atoms with van der Waals surface area (Å²) >= 11 is 0. The van der Waals surface area contributed by atoms with Crippen molar-refractivity contribution in [2.45, 2.75) is 70.4 Å². The monoisotopic (exact) mass is 416 g/mol. The molecule has 1 saturated heterocycles. The van der Waals surface area contributed by atoms with Crippen molar-refractivity contribution in [1.29, 1.82) is 0 Å². The average Bonchev–Trinajstić information content (AvgIpc) is 2.76. The highest BCUT2D eigenvalue weighted by atomic mass is 16.5. The van der Waals surface area contributed by atoms with Gasteiger partial charge in [0.1, 0.15) is 18.0 Å². The lowest BCUT2D eigenvalue weighted by Gasteiger charge is -2.36. The molecule has 0 aromatic heterocycles. The molecule has 2 heterocycles. The fourth-order valence-electron chi connectivity index (χ4n) is 4.37. The minimum atomic E-state index is -0.898. The highest BCUT2D eigenvalue weighted by molar-refractivity contribution is 5.84. The number of carbonyl (C=O) groups is 2. The van der Waals surface area contributed by atoms with Crippen LogP contribution in [-0.4, -0.2) is 66.6 Å². The number of hydrogen-bond donors (Lipinski definition) is 0. The molecule has 3 rings (SSSR count). The van der Waals surface area contributed by atoms with Gasteiger partial charge in [-0.1, -0.05) is 12.1 Å². The number of ether oxygens (including phenoxy) is 2. The van der Waals surface area contributed by atoms with Crippen molar-refractivity contribution < 1.29 is 19.1 Å². The minimum Gasteiger partial charge on any atom is -0.492 e. The van der Waals surface area contributed by atoms with E-state index in [9.17, 15) is 9.59 Å². The highest BCUT2D eigenvalue weighted by Gasteiger charge is 2.32. The van der Waals surface area contributed by atoms with Crippen molar-refractivity contribution in [3.05, 3.63) is 29.8 Å². The van der Waals surface area contributed by atoms with Crippen LogP contribution in [0.1, 0.15) is 57.9 Å². The number of carbonyl (C=O) groups excluding carboxylic acids is 2. The van der Waals surface area contributed by atoms with Crippen LogP contribution < -0.4 is 4.74 Å². The fraction of sp³-hybridized carbons (Fsp3) is 0.667. The van der Waals surface area contributed by atoms with E-state index < -0.39 is 5.60 Å². The van der Waals surface area contributed by atoms with Gasteiger partial charge in [0.2, 0.25) is 5.91 Å². The number of fused-ring (bicyclic) bond motifs is 3. The number of methoxy groups -OCH3 is 1. The van der Waals surface area contributed by atoms with Crippen LogP contribution in [0.4, 0.5) is 0 Å². The first kappa shape index (κ1) is 22.6. The molecule has 1 aromatic carbocycles. The molecule has 30 heavy (non-hydrogen) atoms. The molecule has 2 amide bonds. The second kappa shape index (κ2) is 10.3. The Morgan fingerprint density at radius 3 is 2.73 bits per heavy atom. The summed E-state index contributed by atoms with van der Waals surface area (Å²) in [5.41, 5.74) is 0.332. The first-order valence-electron chi connectivity index (χ1n) is 11.3. The zero-order chi connectivity index (χ0) is 21.6. The van der Waals surface area contributed by atoms with Crippen molar-refractivity contribution in [3.63, 3.8) is 0 Å². The van der Waals surface area contributed by atoms with Gasteiger partial charge in [-0.25, -0.2) is 0 Å². The topological polar surface area (TPSA) is 59.1 Å². The molecule has 2 aliphatic rings. The summed E-state index contributed by atoms with van der Waals surface area (Å²) < 4.78 is 11.4. The van der Waals surface area contributed by atoms with Crippen molar-refractivity contribution >= 4 is 11.8 Å². The molecule has 1 atom stereocenters. The SMILES string of the molecule is COC(C)(C)C(=O)N1CCCC(=O)N2CCCCC2CCc2cccc(c2)OCC1. The van der Waals surface area contributed by atoms with E-state index in [1.54, 1.807) is 25.9 Å². The third-order valence-corrected chi connectivity index (χ3v) is 6.37. The van der Waals surface area contributed by atoms with E-state index in [1.165, 1.54) is 12.0 Å². The lowest BCUT2D eigenvalue weighted by Crippen LogP contribution is -2.48. The first-order valence-corrected chi connectivity index (χ1v) is 11.3. The number of aryl methyl sites for hydroxylation is 1. The number of hydrogen-bond acceptors (Lipinski definition) is 4. The molecule has 0 N–H and O–H groups in total. The van der Waals surface area contributed by atoms with Gasteiger partial charge in [0, 0.05) is 32.7 Å². The molecule has 0 aliphatic carbocycles. The lowest BCUT2D eigenvalue weighted by molar-refractivity contribution is -0.151. The molecule has 6 heteroatoms. The largest absolute Gasteiger partial charge is 0.492 e. The van der Waals surface area contributed by atoms with Gasteiger partial charge < -0.3 is 19.3 Å². The summed E-state index contributed by atoms with van der Waals surface area (Å²) in [4.78, 5) is 29.8. The Balaban J connectivity index is 1.78. The zero-order valence-electron chi connectivity index (χ0n) is 18.7. The Hall–Kier alpha value is -2.08. The second-order valence-corrected chi connectivity index (χ2v) is 8.88. The van der Waals surface area contributed by atoms with Crippen LogP contribution >= 0.6 is 0 Å². The summed E-state index contributed by atoms with van der Waals surface area (Å²) in [7, 11) is 1.55. The molecular weight excluding hydrogens is 380 g/mol. The van der Waals surface area contributed by atoms with Crippen molar-refractivity contribution in [1.82, 2.24) is 9.80 Å². The van der Waals surface area contributed by atoms with Crippen molar-refractivity contribution in [2.24, 2.45) is 0 Å². The predicted octanol–water partition coefficient (Wildman–Crippen LogP) is 3.43. The summed E-state index contributed by atoms with van der Waals surface area (Å²) in [5, 5.41) is 0. The van der Waals surface area contributed by atoms with Gasteiger partial charge in [-0.05, 0) is 70.1 Å². The van der Waals surface area contributed by atoms with Gasteiger partial charge in [-0.2, -0.15) is 0 Å². The normalized spacial score (nSPS) is 21.8. The number of nitrogens with zero attached hydrogens (tertiary/aromatic N) is 2. The van der Waals surface area contributed by atoms with Gasteiger partial charge in [-0.15, -0.1) is 0 Å². The standard InChI is InChI=1S/C24H36N2O4/c1-24(2,29-3)23(28)25-14-7-11-22(27)26-15-5-4-9-20(26)13-12-19-8-6-10-21(18-19)30-17-16-25/h6,8,10,18,20H,4-5,7,9,11-17H2,1-3H3. The predicted molar refractivity (Wildman–Crippen MR) is 117 cm³/mol. The van der Waals surface area contributed by atoms with Gasteiger partial charge >= 0.3 is 0 Å². The van der Waals surface area contributed by atoms with E-state index >= 15 is 0 Å². The minimum absolute atomic E-state index is 0.0741. The first-order chi connectivity index (χ1) is 14.4. The van der Waals surface area contributed by atoms with Crippen LogP contribution in [0.25, 0.3) is 0 Å². The molecule has 1 unspecified atom stereocenters. The van der Waals surface area contributed by atoms with Crippen molar-refractivity contribution in [2.75, 3.05) is 33.4 Å². The Morgan fingerprint density at radius 1 is 1.10 bits per heavy atom. The fourth-order valence-corrected chi connectivity index (χ4v) is 4.37. The van der Waals surface area contributed by atoms with E-state index in [1.807, 2.05) is 12.1 Å². The van der Waals surface area contributed by atoms with Gasteiger partial charge in [0.25, 0.3) is 5.91 Å². The molecule has 166 valence electrons. The third kappa shape index (κ3) is 5.75. The summed E-state index contributed by atoms with van der Waals surface area (Å²) in [5.74, 6) is 0.977. The van der Waals surface area contributed by atoms with E-state index in [2.05, 4.69) is 17.0 Å². The highest BCUT2D eigenvalue weighted by Crippen LogP contribution is 2.24. The maximum Gasteiger partial charge on any atom is 0.254 e. The van der Waals surface area contributed by atoms with Crippen LogP contribution in [0.3, 0.4) is 0 Å². The Bertz CT molecular complexity index is 734. The number of piperidine rings is 1. The van der Waals surface area contributed by atoms with Crippen LogP contribution in [0.5, 0.6) is 5.75 Å². The third-order valence-electron chi connectivity index (χ3n) is 6.37. The van der Waals surface area contributed by atoms with Crippen LogP contribution in [0.2, 0.25) is 0 Å². The van der Waals surface area contributed by atoms with Gasteiger partial charge in [-0.3, -0.25) is 9.59 Å². The Morgan fingerprint density at radius 2 is 1.93 bits per heavy atom. The van der Waals surface area contributed by atoms with Gasteiger partial charge in [0.05, 0.1) is 6.54 Å². The molecule has 2 aliphatic heterocycles. The quantitative estimate of drug-likeness (QED) is 0.741. The smallest absolute Gasteiger partial charge is 0.254 e. The molecule has 1 aromatic rings. The van der Waals surface area contributed by atoms with E-state index in [0.29, 0.717) is 38.6 Å². The van der Waals surface area contributed by atoms with Crippen molar-refractivity contribution in [3.8, 4) is 5.75 Å². The average molecular weight is 417 g/mol. The van der Waals surface area contributed by atoms with Gasteiger partial charge in [0.15, 0.2) is 0 Å².